The lowest BCUT2D eigenvalue weighted by atomic mass is 10.0. The number of rotatable bonds is 12. The molecule has 0 radical (unpaired) electrons. The number of hydrogen-bond acceptors (Lipinski definition) is 4. The molecule has 1 aromatic rings. The molecule has 0 unspecified atom stereocenters. The lowest BCUT2D eigenvalue weighted by Gasteiger charge is -2.13. The molecule has 0 heterocycles. The molecule has 1 saturated carbocycles. The van der Waals surface area contributed by atoms with E-state index in [-0.39, 0.29) is 35.4 Å². The molecule has 1 aliphatic carbocycles. The second kappa shape index (κ2) is 15.0. The van der Waals surface area contributed by atoms with Crippen LogP contribution in [0.5, 0.6) is 0 Å². The number of methoxy groups -OCH3 is 1. The molecule has 2 rings (SSSR count). The summed E-state index contributed by atoms with van der Waals surface area (Å²) in [7, 11) is -0.247. The van der Waals surface area contributed by atoms with Crippen LogP contribution in [-0.2, 0) is 21.3 Å². The molecule has 0 aliphatic heterocycles. The third-order valence-corrected chi connectivity index (χ3v) is 6.76. The van der Waals surface area contributed by atoms with Gasteiger partial charge in [-0.25, -0.2) is 13.1 Å². The van der Waals surface area contributed by atoms with E-state index >= 15 is 0 Å². The number of guanidine groups is 1. The second-order valence-electron chi connectivity index (χ2n) is 7.54. The van der Waals surface area contributed by atoms with Gasteiger partial charge in [-0.2, -0.15) is 0 Å². The number of sulfonamides is 1. The van der Waals surface area contributed by atoms with Crippen LogP contribution in [-0.4, -0.2) is 48.2 Å². The molecule has 0 spiro atoms. The van der Waals surface area contributed by atoms with Gasteiger partial charge in [-0.15, -0.1) is 24.0 Å². The van der Waals surface area contributed by atoms with E-state index in [0.29, 0.717) is 13.2 Å². The molecule has 1 aliphatic rings. The van der Waals surface area contributed by atoms with Gasteiger partial charge in [0.15, 0.2) is 5.96 Å². The minimum Gasteiger partial charge on any atom is -0.383 e. The molecule has 0 atom stereocenters. The Kier molecular flexibility index (Phi) is 13.5. The Bertz CT molecular complexity index is 738. The maximum atomic E-state index is 12.3. The summed E-state index contributed by atoms with van der Waals surface area (Å²) in [6, 6.07) is 6.92. The molecule has 1 aromatic carbocycles. The molecule has 0 aromatic heterocycles. The summed E-state index contributed by atoms with van der Waals surface area (Å²) in [6.45, 7) is 1.98. The first-order valence-corrected chi connectivity index (χ1v) is 12.1. The van der Waals surface area contributed by atoms with E-state index < -0.39 is 10.0 Å². The van der Waals surface area contributed by atoms with Gasteiger partial charge in [0.1, 0.15) is 0 Å². The first-order valence-electron chi connectivity index (χ1n) is 10.6. The number of aliphatic imine (C=N–C) groups is 1. The average molecular weight is 553 g/mol. The summed E-state index contributed by atoms with van der Waals surface area (Å²) in [4.78, 5) is 4.50. The van der Waals surface area contributed by atoms with Gasteiger partial charge in [0, 0.05) is 33.8 Å². The fourth-order valence-electron chi connectivity index (χ4n) is 3.65. The Labute approximate surface area is 198 Å². The van der Waals surface area contributed by atoms with Crippen LogP contribution in [0, 0.1) is 5.92 Å². The molecule has 7 nitrogen and oxygen atoms in total. The van der Waals surface area contributed by atoms with Crippen molar-refractivity contribution in [3.05, 3.63) is 29.8 Å². The fourth-order valence-corrected chi connectivity index (χ4v) is 4.74. The van der Waals surface area contributed by atoms with E-state index in [2.05, 4.69) is 20.3 Å². The van der Waals surface area contributed by atoms with Crippen molar-refractivity contribution in [3.63, 3.8) is 0 Å². The van der Waals surface area contributed by atoms with Crippen molar-refractivity contribution in [2.24, 2.45) is 10.9 Å². The number of benzene rings is 1. The molecular formula is C21H37IN4O3S. The lowest BCUT2D eigenvalue weighted by molar-refractivity contribution is 0.204. The van der Waals surface area contributed by atoms with E-state index in [1.54, 1.807) is 25.2 Å². The van der Waals surface area contributed by atoms with E-state index in [1.807, 2.05) is 6.07 Å². The number of halogens is 1. The largest absolute Gasteiger partial charge is 0.383 e. The molecule has 3 N–H and O–H groups in total. The van der Waals surface area contributed by atoms with Crippen molar-refractivity contribution in [1.29, 1.82) is 0 Å². The quantitative estimate of drug-likeness (QED) is 0.160. The van der Waals surface area contributed by atoms with E-state index in [9.17, 15) is 8.42 Å². The lowest BCUT2D eigenvalue weighted by Crippen LogP contribution is -2.37. The number of nitrogens with one attached hydrogen (secondary N) is 3. The van der Waals surface area contributed by atoms with Crippen molar-refractivity contribution in [2.75, 3.05) is 33.9 Å². The Hall–Kier alpha value is -0.910. The van der Waals surface area contributed by atoms with Gasteiger partial charge in [0.25, 0.3) is 0 Å². The van der Waals surface area contributed by atoms with Crippen molar-refractivity contribution in [1.82, 2.24) is 15.4 Å². The minimum absolute atomic E-state index is 0. The topological polar surface area (TPSA) is 91.8 Å². The maximum absolute atomic E-state index is 12.3. The molecule has 0 bridgehead atoms. The Morgan fingerprint density at radius 3 is 2.63 bits per heavy atom. The number of hydrogen-bond donors (Lipinski definition) is 3. The van der Waals surface area contributed by atoms with Gasteiger partial charge < -0.3 is 15.4 Å². The molecule has 0 amide bonds. The Morgan fingerprint density at radius 1 is 1.17 bits per heavy atom. The summed E-state index contributed by atoms with van der Waals surface area (Å²) >= 11 is 0. The van der Waals surface area contributed by atoms with Gasteiger partial charge in [-0.05, 0) is 30.0 Å². The van der Waals surface area contributed by atoms with Crippen molar-refractivity contribution < 1.29 is 13.2 Å². The monoisotopic (exact) mass is 552 g/mol. The zero-order valence-corrected chi connectivity index (χ0v) is 21.3. The van der Waals surface area contributed by atoms with Gasteiger partial charge >= 0.3 is 0 Å². The summed E-state index contributed by atoms with van der Waals surface area (Å²) in [5.41, 5.74) is 0.879. The third-order valence-electron chi connectivity index (χ3n) is 5.30. The summed E-state index contributed by atoms with van der Waals surface area (Å²) < 4.78 is 32.1. The summed E-state index contributed by atoms with van der Waals surface area (Å²) in [5, 5.41) is 6.59. The SMILES string of the molecule is CN=C(NCCCCC1CCCC1)NCc1cccc(S(=O)(=O)NCCOC)c1.I. The van der Waals surface area contributed by atoms with Crippen molar-refractivity contribution in [3.8, 4) is 0 Å². The highest BCUT2D eigenvalue weighted by molar-refractivity contribution is 14.0. The Morgan fingerprint density at radius 2 is 1.93 bits per heavy atom. The van der Waals surface area contributed by atoms with Gasteiger partial charge in [0.05, 0.1) is 11.5 Å². The van der Waals surface area contributed by atoms with E-state index in [0.717, 1.165) is 30.4 Å². The molecule has 0 saturated heterocycles. The normalized spacial score (nSPS) is 15.1. The van der Waals surface area contributed by atoms with Crippen LogP contribution in [0.15, 0.2) is 34.2 Å². The zero-order chi connectivity index (χ0) is 21.0. The summed E-state index contributed by atoms with van der Waals surface area (Å²) in [6.07, 6.45) is 9.37. The van der Waals surface area contributed by atoms with Gasteiger partial charge in [0.2, 0.25) is 10.0 Å². The highest BCUT2D eigenvalue weighted by atomic mass is 127. The van der Waals surface area contributed by atoms with Crippen LogP contribution in [0.1, 0.15) is 50.5 Å². The van der Waals surface area contributed by atoms with Crippen LogP contribution in [0.4, 0.5) is 0 Å². The predicted octanol–water partition coefficient (Wildman–Crippen LogP) is 3.25. The maximum Gasteiger partial charge on any atom is 0.240 e. The standard InChI is InChI=1S/C21H36N4O3S.HI/c1-22-21(23-13-6-5-10-18-8-3-4-9-18)24-17-19-11-7-12-20(16-19)29(26,27)25-14-15-28-2;/h7,11-12,16,18,25H,3-6,8-10,13-15,17H2,1-2H3,(H2,22,23,24);1H. The number of nitrogens with zero attached hydrogens (tertiary/aromatic N) is 1. The molecule has 172 valence electrons. The molecule has 1 fully saturated rings. The molecule has 9 heteroatoms. The smallest absolute Gasteiger partial charge is 0.240 e. The highest BCUT2D eigenvalue weighted by Crippen LogP contribution is 2.28. The molecular weight excluding hydrogens is 515 g/mol. The van der Waals surface area contributed by atoms with E-state index in [1.165, 1.54) is 45.6 Å². The van der Waals surface area contributed by atoms with Crippen molar-refractivity contribution in [2.45, 2.75) is 56.4 Å². The highest BCUT2D eigenvalue weighted by Gasteiger charge is 2.14. The van der Waals surface area contributed by atoms with Crippen LogP contribution >= 0.6 is 24.0 Å². The van der Waals surface area contributed by atoms with Crippen LogP contribution < -0.4 is 15.4 Å². The van der Waals surface area contributed by atoms with Crippen LogP contribution in [0.3, 0.4) is 0 Å². The van der Waals surface area contributed by atoms with Crippen molar-refractivity contribution >= 4 is 40.0 Å². The van der Waals surface area contributed by atoms with E-state index in [4.69, 9.17) is 4.74 Å². The fraction of sp³-hybridized carbons (Fsp3) is 0.667. The van der Waals surface area contributed by atoms with Crippen LogP contribution in [0.2, 0.25) is 0 Å². The summed E-state index contributed by atoms with van der Waals surface area (Å²) in [5.74, 6) is 1.68. The second-order valence-corrected chi connectivity index (χ2v) is 9.30. The number of ether oxygens (including phenoxy) is 1. The minimum atomic E-state index is -3.53. The van der Waals surface area contributed by atoms with Crippen LogP contribution in [0.25, 0.3) is 0 Å². The zero-order valence-electron chi connectivity index (χ0n) is 18.2. The predicted molar refractivity (Wildman–Crippen MR) is 133 cm³/mol. The average Bonchev–Trinajstić information content (AvgIpc) is 3.24. The van der Waals surface area contributed by atoms with Gasteiger partial charge in [-0.3, -0.25) is 4.99 Å². The first-order chi connectivity index (χ1) is 14.0. The molecule has 30 heavy (non-hydrogen) atoms. The third kappa shape index (κ3) is 9.93. The Balaban J connectivity index is 0.00000450. The number of unbranched alkanes of at least 4 members (excludes halogenated alkanes) is 1. The van der Waals surface area contributed by atoms with Gasteiger partial charge in [-0.1, -0.05) is 50.7 Å². The first kappa shape index (κ1) is 27.1.